The van der Waals surface area contributed by atoms with Gasteiger partial charge in [-0.3, -0.25) is 9.78 Å². The van der Waals surface area contributed by atoms with Crippen LogP contribution in [0.3, 0.4) is 0 Å². The fraction of sp³-hybridized carbons (Fsp3) is 0.200. The molecule has 0 radical (unpaired) electrons. The quantitative estimate of drug-likeness (QED) is 0.913. The average Bonchev–Trinajstić information content (AvgIpc) is 2.49. The van der Waals surface area contributed by atoms with E-state index in [0.29, 0.717) is 6.61 Å². The molecular weight excluding hydrogens is 259 g/mol. The molecule has 1 aliphatic rings. The van der Waals surface area contributed by atoms with E-state index in [2.05, 4.69) is 10.3 Å². The summed E-state index contributed by atoms with van der Waals surface area (Å²) in [6, 6.07) is 9.05. The number of amides is 1. The Kier molecular flexibility index (Phi) is 3.43. The van der Waals surface area contributed by atoms with Crippen LogP contribution in [0.4, 0.5) is 10.1 Å². The van der Waals surface area contributed by atoms with Crippen LogP contribution in [0.1, 0.15) is 17.2 Å². The highest BCUT2D eigenvalue weighted by Gasteiger charge is 2.27. The smallest absolute Gasteiger partial charge is 0.258 e. The van der Waals surface area contributed by atoms with E-state index >= 15 is 0 Å². The van der Waals surface area contributed by atoms with Crippen molar-refractivity contribution in [3.8, 4) is 0 Å². The van der Waals surface area contributed by atoms with Gasteiger partial charge in [0, 0.05) is 6.20 Å². The number of nitrogens with one attached hydrogen (secondary N) is 1. The molecule has 0 aliphatic carbocycles. The zero-order chi connectivity index (χ0) is 13.9. The molecule has 4 nitrogen and oxygen atoms in total. The molecule has 20 heavy (non-hydrogen) atoms. The van der Waals surface area contributed by atoms with Crippen LogP contribution >= 0.6 is 0 Å². The molecule has 2 aromatic rings. The summed E-state index contributed by atoms with van der Waals surface area (Å²) in [5.74, 6) is -0.938. The van der Waals surface area contributed by atoms with Crippen molar-refractivity contribution in [3.05, 3.63) is 59.7 Å². The van der Waals surface area contributed by atoms with Gasteiger partial charge in [-0.05, 0) is 23.6 Å². The first-order chi connectivity index (χ1) is 9.75. The lowest BCUT2D eigenvalue weighted by atomic mass is 9.97. The van der Waals surface area contributed by atoms with Crippen molar-refractivity contribution in [3.63, 3.8) is 0 Å². The van der Waals surface area contributed by atoms with Crippen molar-refractivity contribution in [1.82, 2.24) is 4.98 Å². The number of halogens is 1. The summed E-state index contributed by atoms with van der Waals surface area (Å²) in [6.07, 6.45) is 2.57. The van der Waals surface area contributed by atoms with Gasteiger partial charge in [-0.15, -0.1) is 0 Å². The molecule has 1 atom stereocenters. The highest BCUT2D eigenvalue weighted by molar-refractivity contribution is 5.95. The molecule has 102 valence electrons. The number of rotatable bonds is 2. The molecule has 2 heterocycles. The van der Waals surface area contributed by atoms with Crippen molar-refractivity contribution < 1.29 is 13.9 Å². The van der Waals surface area contributed by atoms with E-state index in [1.807, 2.05) is 24.3 Å². The van der Waals surface area contributed by atoms with Gasteiger partial charge in [0.05, 0.1) is 18.5 Å². The fourth-order valence-electron chi connectivity index (χ4n) is 2.29. The molecule has 1 N–H and O–H groups in total. The summed E-state index contributed by atoms with van der Waals surface area (Å²) in [4.78, 5) is 15.9. The van der Waals surface area contributed by atoms with Gasteiger partial charge in [0.1, 0.15) is 0 Å². The normalized spacial score (nSPS) is 17.4. The zero-order valence-electron chi connectivity index (χ0n) is 10.7. The molecule has 0 fully saturated rings. The van der Waals surface area contributed by atoms with Gasteiger partial charge in [0.15, 0.2) is 11.9 Å². The number of carbonyl (C=O) groups is 1. The average molecular weight is 272 g/mol. The number of pyridine rings is 1. The highest BCUT2D eigenvalue weighted by Crippen LogP contribution is 2.28. The number of ether oxygens (including phenoxy) is 1. The summed E-state index contributed by atoms with van der Waals surface area (Å²) in [6.45, 7) is 0.480. The maximum Gasteiger partial charge on any atom is 0.258 e. The molecule has 1 aliphatic heterocycles. The van der Waals surface area contributed by atoms with Gasteiger partial charge in [-0.25, -0.2) is 4.39 Å². The van der Waals surface area contributed by atoms with Gasteiger partial charge in [0.2, 0.25) is 0 Å². The van der Waals surface area contributed by atoms with Gasteiger partial charge in [-0.1, -0.05) is 24.3 Å². The number of carbonyl (C=O) groups excluding carboxylic acids is 1. The largest absolute Gasteiger partial charge is 0.363 e. The molecular formula is C15H13FN2O2. The summed E-state index contributed by atoms with van der Waals surface area (Å²) in [5.41, 5.74) is 2.04. The SMILES string of the molecule is O=C(Nc1ccncc1F)C1OCCc2ccccc21. The molecule has 0 saturated heterocycles. The molecule has 1 unspecified atom stereocenters. The molecule has 3 rings (SSSR count). The van der Waals surface area contributed by atoms with E-state index in [0.717, 1.165) is 23.7 Å². The fourth-order valence-corrected chi connectivity index (χ4v) is 2.29. The van der Waals surface area contributed by atoms with Crippen LogP contribution in [0, 0.1) is 5.82 Å². The van der Waals surface area contributed by atoms with Crippen molar-refractivity contribution in [2.75, 3.05) is 11.9 Å². The standard InChI is InChI=1S/C15H13FN2O2/c16-12-9-17-7-5-13(12)18-15(19)14-11-4-2-1-3-10(11)6-8-20-14/h1-5,7,9,14H,6,8H2,(H,17,18,19). The second-order valence-corrected chi connectivity index (χ2v) is 4.54. The molecule has 0 saturated carbocycles. The molecule has 0 spiro atoms. The maximum atomic E-state index is 13.5. The number of fused-ring (bicyclic) bond motifs is 1. The predicted octanol–water partition coefficient (Wildman–Crippen LogP) is 2.47. The Morgan fingerprint density at radius 1 is 1.35 bits per heavy atom. The zero-order valence-corrected chi connectivity index (χ0v) is 10.7. The Labute approximate surface area is 115 Å². The van der Waals surface area contributed by atoms with Crippen molar-refractivity contribution >= 4 is 11.6 Å². The summed E-state index contributed by atoms with van der Waals surface area (Å²) in [7, 11) is 0. The monoisotopic (exact) mass is 272 g/mol. The third-order valence-corrected chi connectivity index (χ3v) is 3.26. The predicted molar refractivity (Wildman–Crippen MR) is 71.7 cm³/mol. The van der Waals surface area contributed by atoms with Gasteiger partial charge in [0.25, 0.3) is 5.91 Å². The first-order valence-corrected chi connectivity index (χ1v) is 6.35. The number of anilines is 1. The second kappa shape index (κ2) is 5.38. The molecule has 1 aromatic heterocycles. The van der Waals surface area contributed by atoms with Gasteiger partial charge < -0.3 is 10.1 Å². The number of hydrogen-bond acceptors (Lipinski definition) is 3. The molecule has 1 aromatic carbocycles. The van der Waals surface area contributed by atoms with Crippen LogP contribution in [0.2, 0.25) is 0 Å². The summed E-state index contributed by atoms with van der Waals surface area (Å²) in [5, 5.41) is 2.54. The Bertz CT molecular complexity index is 645. The lowest BCUT2D eigenvalue weighted by Gasteiger charge is -2.25. The van der Waals surface area contributed by atoms with Crippen LogP contribution in [-0.2, 0) is 16.0 Å². The van der Waals surface area contributed by atoms with Crippen molar-refractivity contribution in [2.24, 2.45) is 0 Å². The minimum atomic E-state index is -0.701. The number of benzene rings is 1. The number of nitrogens with zero attached hydrogens (tertiary/aromatic N) is 1. The minimum absolute atomic E-state index is 0.108. The summed E-state index contributed by atoms with van der Waals surface area (Å²) < 4.78 is 19.0. The third kappa shape index (κ3) is 2.40. The molecule has 1 amide bonds. The Hall–Kier alpha value is -2.27. The van der Waals surface area contributed by atoms with E-state index in [1.54, 1.807) is 0 Å². The van der Waals surface area contributed by atoms with Gasteiger partial charge in [-0.2, -0.15) is 0 Å². The Balaban J connectivity index is 1.84. The van der Waals surface area contributed by atoms with E-state index in [4.69, 9.17) is 4.74 Å². The number of hydrogen-bond donors (Lipinski definition) is 1. The van der Waals surface area contributed by atoms with E-state index in [9.17, 15) is 9.18 Å². The van der Waals surface area contributed by atoms with Crippen LogP contribution in [0.25, 0.3) is 0 Å². The lowest BCUT2D eigenvalue weighted by Crippen LogP contribution is -2.28. The van der Waals surface area contributed by atoms with Crippen LogP contribution in [0.5, 0.6) is 0 Å². The van der Waals surface area contributed by atoms with Crippen molar-refractivity contribution in [2.45, 2.75) is 12.5 Å². The van der Waals surface area contributed by atoms with E-state index < -0.39 is 11.9 Å². The highest BCUT2D eigenvalue weighted by atomic mass is 19.1. The third-order valence-electron chi connectivity index (χ3n) is 3.26. The lowest BCUT2D eigenvalue weighted by molar-refractivity contribution is -0.128. The van der Waals surface area contributed by atoms with Crippen LogP contribution < -0.4 is 5.32 Å². The van der Waals surface area contributed by atoms with Crippen LogP contribution in [-0.4, -0.2) is 17.5 Å². The minimum Gasteiger partial charge on any atom is -0.363 e. The molecule has 0 bridgehead atoms. The summed E-state index contributed by atoms with van der Waals surface area (Å²) >= 11 is 0. The topological polar surface area (TPSA) is 51.2 Å². The molecule has 5 heteroatoms. The van der Waals surface area contributed by atoms with Gasteiger partial charge >= 0.3 is 0 Å². The second-order valence-electron chi connectivity index (χ2n) is 4.54. The Morgan fingerprint density at radius 3 is 3.05 bits per heavy atom. The van der Waals surface area contributed by atoms with Crippen molar-refractivity contribution in [1.29, 1.82) is 0 Å². The first-order valence-electron chi connectivity index (χ1n) is 6.35. The van der Waals surface area contributed by atoms with E-state index in [1.165, 1.54) is 12.3 Å². The van der Waals surface area contributed by atoms with Crippen LogP contribution in [0.15, 0.2) is 42.7 Å². The maximum absolute atomic E-state index is 13.5. The number of aromatic nitrogens is 1. The Morgan fingerprint density at radius 2 is 2.20 bits per heavy atom. The first kappa shape index (κ1) is 12.7. The van der Waals surface area contributed by atoms with E-state index in [-0.39, 0.29) is 11.6 Å².